The molecule has 2 aromatic carbocycles. The normalized spacial score (nSPS) is 14.3. The van der Waals surface area contributed by atoms with Crippen LogP contribution in [0.2, 0.25) is 0 Å². The second-order valence-corrected chi connectivity index (χ2v) is 6.81. The van der Waals surface area contributed by atoms with Crippen LogP contribution in [0.4, 0.5) is 5.69 Å². The summed E-state index contributed by atoms with van der Waals surface area (Å²) >= 11 is 0. The summed E-state index contributed by atoms with van der Waals surface area (Å²) in [5, 5.41) is 8.80. The van der Waals surface area contributed by atoms with Crippen molar-refractivity contribution in [2.24, 2.45) is 0 Å². The summed E-state index contributed by atoms with van der Waals surface area (Å²) in [4.78, 5) is 0.221. The number of aryl methyl sites for hydroxylation is 1. The molecule has 1 aliphatic rings. The number of para-hydroxylation sites is 1. The van der Waals surface area contributed by atoms with Gasteiger partial charge in [0, 0.05) is 6.54 Å². The van der Waals surface area contributed by atoms with Crippen LogP contribution < -0.4 is 4.31 Å². The Kier molecular flexibility index (Phi) is 3.40. The molecule has 0 bridgehead atoms. The molecule has 0 radical (unpaired) electrons. The van der Waals surface area contributed by atoms with Crippen LogP contribution in [0, 0.1) is 11.3 Å². The number of nitriles is 1. The maximum Gasteiger partial charge on any atom is 0.264 e. The number of hydrogen-bond acceptors (Lipinski definition) is 3. The van der Waals surface area contributed by atoms with Crippen molar-refractivity contribution in [3.05, 3.63) is 59.7 Å². The Morgan fingerprint density at radius 3 is 2.48 bits per heavy atom. The van der Waals surface area contributed by atoms with Crippen molar-refractivity contribution in [1.29, 1.82) is 5.26 Å². The Hall–Kier alpha value is -2.32. The summed E-state index contributed by atoms with van der Waals surface area (Å²) in [7, 11) is -3.58. The van der Waals surface area contributed by atoms with Gasteiger partial charge in [-0.05, 0) is 48.7 Å². The molecule has 0 saturated carbocycles. The highest BCUT2D eigenvalue weighted by Gasteiger charge is 2.28. The van der Waals surface area contributed by atoms with Crippen molar-refractivity contribution in [2.75, 3.05) is 10.8 Å². The monoisotopic (exact) mass is 298 g/mol. The zero-order valence-corrected chi connectivity index (χ0v) is 12.2. The minimum absolute atomic E-state index is 0.221. The van der Waals surface area contributed by atoms with E-state index in [1.54, 1.807) is 0 Å². The molecule has 0 N–H and O–H groups in total. The minimum atomic E-state index is -3.58. The Balaban J connectivity index is 2.05. The van der Waals surface area contributed by atoms with Gasteiger partial charge in [0.25, 0.3) is 10.0 Å². The SMILES string of the molecule is N#Cc1ccc(S(=O)(=O)N2CCCc3ccccc32)cc1. The van der Waals surface area contributed by atoms with E-state index in [-0.39, 0.29) is 4.90 Å². The lowest BCUT2D eigenvalue weighted by Gasteiger charge is -2.30. The largest absolute Gasteiger partial charge is 0.266 e. The number of benzene rings is 2. The van der Waals surface area contributed by atoms with Crippen molar-refractivity contribution in [1.82, 2.24) is 0 Å². The molecule has 0 aliphatic carbocycles. The average molecular weight is 298 g/mol. The first-order valence-corrected chi connectivity index (χ1v) is 8.18. The molecule has 1 heterocycles. The number of fused-ring (bicyclic) bond motifs is 1. The van der Waals surface area contributed by atoms with Crippen LogP contribution in [-0.4, -0.2) is 15.0 Å². The molecule has 106 valence electrons. The second kappa shape index (κ2) is 5.23. The van der Waals surface area contributed by atoms with E-state index in [1.165, 1.54) is 28.6 Å². The second-order valence-electron chi connectivity index (χ2n) is 4.95. The fourth-order valence-electron chi connectivity index (χ4n) is 2.58. The van der Waals surface area contributed by atoms with Gasteiger partial charge in [-0.2, -0.15) is 5.26 Å². The lowest BCUT2D eigenvalue weighted by atomic mass is 10.0. The fourth-order valence-corrected chi connectivity index (χ4v) is 4.12. The summed E-state index contributed by atoms with van der Waals surface area (Å²) in [5.41, 5.74) is 2.27. The molecule has 2 aromatic rings. The Morgan fingerprint density at radius 2 is 1.76 bits per heavy atom. The van der Waals surface area contributed by atoms with Crippen LogP contribution >= 0.6 is 0 Å². The third-order valence-corrected chi connectivity index (χ3v) is 5.47. The predicted octanol–water partition coefficient (Wildman–Crippen LogP) is 2.70. The lowest BCUT2D eigenvalue weighted by Crippen LogP contribution is -2.35. The highest BCUT2D eigenvalue weighted by molar-refractivity contribution is 7.92. The topological polar surface area (TPSA) is 61.2 Å². The first-order valence-electron chi connectivity index (χ1n) is 6.74. The molecular weight excluding hydrogens is 284 g/mol. The van der Waals surface area contributed by atoms with E-state index in [2.05, 4.69) is 0 Å². The zero-order valence-electron chi connectivity index (χ0n) is 11.4. The fraction of sp³-hybridized carbons (Fsp3) is 0.188. The molecule has 0 spiro atoms. The Morgan fingerprint density at radius 1 is 1.05 bits per heavy atom. The molecule has 3 rings (SSSR count). The van der Waals surface area contributed by atoms with Gasteiger partial charge in [-0.1, -0.05) is 18.2 Å². The molecular formula is C16H14N2O2S. The molecule has 5 heteroatoms. The highest BCUT2D eigenvalue weighted by Crippen LogP contribution is 2.31. The minimum Gasteiger partial charge on any atom is -0.266 e. The van der Waals surface area contributed by atoms with E-state index in [4.69, 9.17) is 5.26 Å². The third kappa shape index (κ3) is 2.39. The summed E-state index contributed by atoms with van der Waals surface area (Å²) in [6.07, 6.45) is 1.71. The number of hydrogen-bond donors (Lipinski definition) is 0. The maximum absolute atomic E-state index is 12.8. The van der Waals surface area contributed by atoms with Gasteiger partial charge in [-0.25, -0.2) is 8.42 Å². The first kappa shape index (κ1) is 13.7. The van der Waals surface area contributed by atoms with Gasteiger partial charge in [-0.15, -0.1) is 0 Å². The molecule has 1 aliphatic heterocycles. The van der Waals surface area contributed by atoms with Gasteiger partial charge in [0.15, 0.2) is 0 Å². The summed E-state index contributed by atoms with van der Waals surface area (Å²) < 4.78 is 27.1. The van der Waals surface area contributed by atoms with Crippen LogP contribution in [0.3, 0.4) is 0 Å². The van der Waals surface area contributed by atoms with Crippen LogP contribution in [0.1, 0.15) is 17.5 Å². The van der Waals surface area contributed by atoms with Crippen molar-refractivity contribution in [3.8, 4) is 6.07 Å². The average Bonchev–Trinajstić information content (AvgIpc) is 2.54. The highest BCUT2D eigenvalue weighted by atomic mass is 32.2. The maximum atomic E-state index is 12.8. The van der Waals surface area contributed by atoms with Crippen molar-refractivity contribution in [3.63, 3.8) is 0 Å². The molecule has 0 amide bonds. The standard InChI is InChI=1S/C16H14N2O2S/c17-12-13-7-9-15(10-8-13)21(19,20)18-11-3-5-14-4-1-2-6-16(14)18/h1-2,4,6-10H,3,5,11H2. The smallest absolute Gasteiger partial charge is 0.264 e. The molecule has 0 unspecified atom stereocenters. The van der Waals surface area contributed by atoms with E-state index in [0.717, 1.165) is 24.1 Å². The first-order chi connectivity index (χ1) is 10.1. The van der Waals surface area contributed by atoms with E-state index in [9.17, 15) is 8.42 Å². The van der Waals surface area contributed by atoms with Crippen LogP contribution in [-0.2, 0) is 16.4 Å². The lowest BCUT2D eigenvalue weighted by molar-refractivity contribution is 0.586. The zero-order chi connectivity index (χ0) is 14.9. The molecule has 0 aromatic heterocycles. The quantitative estimate of drug-likeness (QED) is 0.856. The Labute approximate surface area is 124 Å². The molecule has 0 atom stereocenters. The van der Waals surface area contributed by atoms with Crippen LogP contribution in [0.25, 0.3) is 0 Å². The molecule has 4 nitrogen and oxygen atoms in total. The summed E-state index contributed by atoms with van der Waals surface area (Å²) in [6, 6.07) is 15.6. The van der Waals surface area contributed by atoms with E-state index in [0.29, 0.717) is 12.1 Å². The molecule has 21 heavy (non-hydrogen) atoms. The summed E-state index contributed by atoms with van der Waals surface area (Å²) in [5.74, 6) is 0. The van der Waals surface area contributed by atoms with Crippen molar-refractivity contribution in [2.45, 2.75) is 17.7 Å². The number of anilines is 1. The summed E-state index contributed by atoms with van der Waals surface area (Å²) in [6.45, 7) is 0.485. The van der Waals surface area contributed by atoms with Gasteiger partial charge in [0.05, 0.1) is 22.2 Å². The van der Waals surface area contributed by atoms with Gasteiger partial charge >= 0.3 is 0 Å². The van der Waals surface area contributed by atoms with Crippen LogP contribution in [0.5, 0.6) is 0 Å². The number of nitrogens with zero attached hydrogens (tertiary/aromatic N) is 2. The van der Waals surface area contributed by atoms with E-state index < -0.39 is 10.0 Å². The van der Waals surface area contributed by atoms with Crippen LogP contribution in [0.15, 0.2) is 53.4 Å². The predicted molar refractivity (Wildman–Crippen MR) is 80.5 cm³/mol. The van der Waals surface area contributed by atoms with Gasteiger partial charge in [0.2, 0.25) is 0 Å². The van der Waals surface area contributed by atoms with Crippen molar-refractivity contribution < 1.29 is 8.42 Å². The number of rotatable bonds is 2. The van der Waals surface area contributed by atoms with E-state index >= 15 is 0 Å². The van der Waals surface area contributed by atoms with Gasteiger partial charge < -0.3 is 0 Å². The van der Waals surface area contributed by atoms with E-state index in [1.807, 2.05) is 30.3 Å². The number of sulfonamides is 1. The third-order valence-electron chi connectivity index (χ3n) is 3.64. The molecule has 0 fully saturated rings. The van der Waals surface area contributed by atoms with Crippen molar-refractivity contribution >= 4 is 15.7 Å². The molecule has 0 saturated heterocycles. The van der Waals surface area contributed by atoms with Gasteiger partial charge in [-0.3, -0.25) is 4.31 Å². The Bertz CT molecular complexity index is 805. The van der Waals surface area contributed by atoms with Gasteiger partial charge in [0.1, 0.15) is 0 Å².